The van der Waals surface area contributed by atoms with Gasteiger partial charge in [-0.15, -0.1) is 0 Å². The van der Waals surface area contributed by atoms with Crippen LogP contribution in [0.2, 0.25) is 0 Å². The molecule has 1 N–H and O–H groups in total. The summed E-state index contributed by atoms with van der Waals surface area (Å²) in [4.78, 5) is 20.9. The molecule has 0 aliphatic carbocycles. The fourth-order valence-electron chi connectivity index (χ4n) is 1.49. The maximum Gasteiger partial charge on any atom is 0.428 e. The number of halogens is 3. The van der Waals surface area contributed by atoms with Crippen LogP contribution in [0.25, 0.3) is 0 Å². The van der Waals surface area contributed by atoms with Crippen LogP contribution in [0, 0.1) is 10.1 Å². The summed E-state index contributed by atoms with van der Waals surface area (Å²) < 4.78 is 42.3. The minimum absolute atomic E-state index is 0.0965. The van der Waals surface area contributed by atoms with Gasteiger partial charge in [0.05, 0.1) is 12.0 Å². The largest absolute Gasteiger partial charge is 0.467 e. The molecule has 1 unspecified atom stereocenters. The van der Waals surface area contributed by atoms with Crippen molar-refractivity contribution in [2.24, 2.45) is 0 Å². The summed E-state index contributed by atoms with van der Waals surface area (Å²) in [5, 5.41) is 19.9. The molecule has 0 spiro atoms. The zero-order chi connectivity index (χ0) is 15.6. The first kappa shape index (κ1) is 15.9. The second-order valence-corrected chi connectivity index (χ2v) is 3.95. The normalized spacial score (nSPS) is 14.4. The predicted molar refractivity (Wildman–Crippen MR) is 59.8 cm³/mol. The minimum Gasteiger partial charge on any atom is -0.467 e. The van der Waals surface area contributed by atoms with Gasteiger partial charge in [0, 0.05) is 18.6 Å². The van der Waals surface area contributed by atoms with E-state index in [0.29, 0.717) is 0 Å². The Morgan fingerprint density at radius 1 is 1.35 bits per heavy atom. The molecule has 0 amide bonds. The summed E-state index contributed by atoms with van der Waals surface area (Å²) in [5.41, 5.74) is -4.11. The summed E-state index contributed by atoms with van der Waals surface area (Å²) in [6.45, 7) is 0. The molecule has 1 aromatic carbocycles. The Kier molecular flexibility index (Phi) is 4.33. The Morgan fingerprint density at radius 2 is 1.85 bits per heavy atom. The number of non-ortho nitro benzene ring substituents is 1. The topological polar surface area (TPSA) is 89.7 Å². The highest BCUT2D eigenvalue weighted by Gasteiger charge is 2.60. The maximum atomic E-state index is 12.8. The Hall–Kier alpha value is -2.16. The molecule has 0 bridgehead atoms. The number of hydrogen-bond donors (Lipinski definition) is 1. The van der Waals surface area contributed by atoms with Crippen molar-refractivity contribution in [2.45, 2.75) is 18.2 Å². The van der Waals surface area contributed by atoms with Crippen molar-refractivity contribution in [2.75, 3.05) is 7.11 Å². The van der Waals surface area contributed by atoms with Gasteiger partial charge in [-0.05, 0) is 5.56 Å². The van der Waals surface area contributed by atoms with Crippen LogP contribution < -0.4 is 0 Å². The number of hydrogen-bond acceptors (Lipinski definition) is 5. The van der Waals surface area contributed by atoms with Gasteiger partial charge in [0.15, 0.2) is 0 Å². The predicted octanol–water partition coefficient (Wildman–Crippen LogP) is 1.60. The molecule has 110 valence electrons. The number of rotatable bonds is 4. The van der Waals surface area contributed by atoms with Crippen LogP contribution in [0.3, 0.4) is 0 Å². The fourth-order valence-corrected chi connectivity index (χ4v) is 1.49. The first-order valence-electron chi connectivity index (χ1n) is 5.22. The Bertz CT molecular complexity index is 514. The van der Waals surface area contributed by atoms with Gasteiger partial charge in [0.2, 0.25) is 0 Å². The van der Waals surface area contributed by atoms with Crippen LogP contribution in [0.4, 0.5) is 18.9 Å². The van der Waals surface area contributed by atoms with Gasteiger partial charge in [0.25, 0.3) is 11.3 Å². The van der Waals surface area contributed by atoms with Gasteiger partial charge in [-0.3, -0.25) is 10.1 Å². The van der Waals surface area contributed by atoms with Crippen molar-refractivity contribution in [3.63, 3.8) is 0 Å². The Morgan fingerprint density at radius 3 is 2.20 bits per heavy atom. The zero-order valence-corrected chi connectivity index (χ0v) is 10.2. The number of carbonyl (C=O) groups excluding carboxylic acids is 1. The van der Waals surface area contributed by atoms with Crippen molar-refractivity contribution in [3.8, 4) is 0 Å². The van der Waals surface area contributed by atoms with Crippen LogP contribution in [0.5, 0.6) is 0 Å². The van der Waals surface area contributed by atoms with E-state index in [1.807, 2.05) is 0 Å². The quantitative estimate of drug-likeness (QED) is 0.517. The fraction of sp³-hybridized carbons (Fsp3) is 0.364. The van der Waals surface area contributed by atoms with E-state index < -0.39 is 29.1 Å². The number of alkyl halides is 3. The standard InChI is InChI=1S/C11H10F3NO5/c1-20-9(16)10(17,11(12,13)14)6-7-2-4-8(5-3-7)15(18)19/h2-5,17H,6H2,1H3. The minimum atomic E-state index is -5.23. The third-order valence-corrected chi connectivity index (χ3v) is 2.60. The second-order valence-electron chi connectivity index (χ2n) is 3.95. The van der Waals surface area contributed by atoms with E-state index in [9.17, 15) is 33.2 Å². The molecule has 0 aliphatic heterocycles. The van der Waals surface area contributed by atoms with Crippen molar-refractivity contribution >= 4 is 11.7 Å². The van der Waals surface area contributed by atoms with Crippen LogP contribution >= 0.6 is 0 Å². The number of nitro groups is 1. The van der Waals surface area contributed by atoms with Gasteiger partial charge >= 0.3 is 12.1 Å². The number of benzene rings is 1. The Balaban J connectivity index is 3.08. The molecule has 0 fully saturated rings. The van der Waals surface area contributed by atoms with E-state index in [1.165, 1.54) is 0 Å². The molecule has 0 aromatic heterocycles. The number of nitrogens with zero attached hydrogens (tertiary/aromatic N) is 1. The number of esters is 1. The summed E-state index contributed by atoms with van der Waals surface area (Å²) in [7, 11) is 0.717. The van der Waals surface area contributed by atoms with Gasteiger partial charge in [-0.2, -0.15) is 13.2 Å². The highest BCUT2D eigenvalue weighted by atomic mass is 19.4. The molecular weight excluding hydrogens is 283 g/mol. The van der Waals surface area contributed by atoms with Gasteiger partial charge in [-0.25, -0.2) is 4.79 Å². The molecule has 0 heterocycles. The van der Waals surface area contributed by atoms with Crippen LogP contribution in [-0.2, 0) is 16.0 Å². The molecule has 0 saturated heterocycles. The van der Waals surface area contributed by atoms with E-state index in [2.05, 4.69) is 4.74 Å². The average Bonchev–Trinajstić information content (AvgIpc) is 2.36. The van der Waals surface area contributed by atoms with Crippen LogP contribution in [-0.4, -0.2) is 34.9 Å². The van der Waals surface area contributed by atoms with Gasteiger partial charge in [0.1, 0.15) is 0 Å². The highest BCUT2D eigenvalue weighted by molar-refractivity contribution is 5.80. The molecule has 0 aliphatic rings. The summed E-state index contributed by atoms with van der Waals surface area (Å²) >= 11 is 0. The summed E-state index contributed by atoms with van der Waals surface area (Å²) in [6.07, 6.45) is -6.33. The first-order chi connectivity index (χ1) is 9.11. The lowest BCUT2D eigenvalue weighted by Crippen LogP contribution is -2.54. The second kappa shape index (κ2) is 5.45. The smallest absolute Gasteiger partial charge is 0.428 e. The van der Waals surface area contributed by atoms with Crippen molar-refractivity contribution in [1.82, 2.24) is 0 Å². The number of nitro benzene ring substituents is 1. The zero-order valence-electron chi connectivity index (χ0n) is 10.2. The molecule has 20 heavy (non-hydrogen) atoms. The van der Waals surface area contributed by atoms with Gasteiger partial charge < -0.3 is 9.84 Å². The number of ether oxygens (including phenoxy) is 1. The van der Waals surface area contributed by atoms with E-state index in [4.69, 9.17) is 0 Å². The van der Waals surface area contributed by atoms with E-state index in [-0.39, 0.29) is 11.3 Å². The van der Waals surface area contributed by atoms with Crippen molar-refractivity contribution in [3.05, 3.63) is 39.9 Å². The SMILES string of the molecule is COC(=O)C(O)(Cc1ccc([N+](=O)[O-])cc1)C(F)(F)F. The van der Waals surface area contributed by atoms with Crippen molar-refractivity contribution in [1.29, 1.82) is 0 Å². The number of carbonyl (C=O) groups is 1. The molecule has 0 saturated carbocycles. The molecular formula is C11H10F3NO5. The van der Waals surface area contributed by atoms with E-state index >= 15 is 0 Å². The third-order valence-electron chi connectivity index (χ3n) is 2.60. The highest BCUT2D eigenvalue weighted by Crippen LogP contribution is 2.34. The maximum absolute atomic E-state index is 12.8. The van der Waals surface area contributed by atoms with Crippen LogP contribution in [0.1, 0.15) is 5.56 Å². The van der Waals surface area contributed by atoms with Crippen LogP contribution in [0.15, 0.2) is 24.3 Å². The Labute approximate surface area is 110 Å². The molecule has 6 nitrogen and oxygen atoms in total. The molecule has 9 heteroatoms. The van der Waals surface area contributed by atoms with Gasteiger partial charge in [-0.1, -0.05) is 12.1 Å². The number of aliphatic hydroxyl groups is 1. The summed E-state index contributed by atoms with van der Waals surface area (Å²) in [5.74, 6) is -1.84. The summed E-state index contributed by atoms with van der Waals surface area (Å²) in [6, 6.07) is 4.00. The molecule has 1 rings (SSSR count). The lowest BCUT2D eigenvalue weighted by atomic mass is 9.93. The molecule has 1 aromatic rings. The van der Waals surface area contributed by atoms with E-state index in [0.717, 1.165) is 31.4 Å². The lowest BCUT2D eigenvalue weighted by Gasteiger charge is -2.27. The molecule has 1 atom stereocenters. The lowest BCUT2D eigenvalue weighted by molar-refractivity contribution is -0.384. The van der Waals surface area contributed by atoms with Crippen molar-refractivity contribution < 1.29 is 32.7 Å². The number of methoxy groups -OCH3 is 1. The molecule has 0 radical (unpaired) electrons. The van der Waals surface area contributed by atoms with E-state index in [1.54, 1.807) is 0 Å². The first-order valence-corrected chi connectivity index (χ1v) is 5.22. The average molecular weight is 293 g/mol. The monoisotopic (exact) mass is 293 g/mol. The third kappa shape index (κ3) is 3.05.